The molecule has 0 amide bonds. The Bertz CT molecular complexity index is 92.6. The van der Waals surface area contributed by atoms with Gasteiger partial charge in [0.25, 0.3) is 0 Å². The summed E-state index contributed by atoms with van der Waals surface area (Å²) < 4.78 is 1.84. The van der Waals surface area contributed by atoms with Crippen molar-refractivity contribution in [1.82, 2.24) is 0 Å². The van der Waals surface area contributed by atoms with Crippen LogP contribution in [0.4, 0.5) is 0 Å². The molecule has 0 fully saturated rings. The minimum absolute atomic E-state index is 0.672. The Morgan fingerprint density at radius 3 is 2.25 bits per heavy atom. The molecule has 0 rings (SSSR count). The van der Waals surface area contributed by atoms with E-state index >= 15 is 0 Å². The lowest BCUT2D eigenvalue weighted by Gasteiger charge is -1.96. The van der Waals surface area contributed by atoms with Crippen LogP contribution in [0.2, 0.25) is 0 Å². The van der Waals surface area contributed by atoms with E-state index in [0.717, 1.165) is 6.54 Å². The van der Waals surface area contributed by atoms with Gasteiger partial charge in [-0.05, 0) is 6.58 Å². The van der Waals surface area contributed by atoms with E-state index in [9.17, 15) is 0 Å². The fourth-order valence-corrected chi connectivity index (χ4v) is 0.544. The van der Waals surface area contributed by atoms with Crippen LogP contribution in [-0.4, -0.2) is 17.8 Å². The van der Waals surface area contributed by atoms with Crippen molar-refractivity contribution in [2.45, 2.75) is 13.8 Å². The predicted octanol–water partition coefficient (Wildman–Crippen LogP) is 1.50. The molecule has 0 radical (unpaired) electrons. The number of rotatable bonds is 3. The Morgan fingerprint density at radius 1 is 1.62 bits per heavy atom. The lowest BCUT2D eigenvalue weighted by Crippen LogP contribution is -2.08. The second-order valence-electron chi connectivity index (χ2n) is 2.35. The summed E-state index contributed by atoms with van der Waals surface area (Å²) in [4.78, 5) is 0. The first kappa shape index (κ1) is 7.41. The quantitative estimate of drug-likeness (QED) is 0.384. The van der Waals surface area contributed by atoms with Crippen LogP contribution in [0.5, 0.6) is 0 Å². The third-order valence-corrected chi connectivity index (χ3v) is 0.858. The van der Waals surface area contributed by atoms with E-state index in [1.54, 1.807) is 6.20 Å². The first-order valence-electron chi connectivity index (χ1n) is 2.86. The van der Waals surface area contributed by atoms with E-state index in [2.05, 4.69) is 27.1 Å². The summed E-state index contributed by atoms with van der Waals surface area (Å²) in [6.45, 7) is 12.6. The number of hydrogen-bond acceptors (Lipinski definition) is 0. The third-order valence-electron chi connectivity index (χ3n) is 0.858. The van der Waals surface area contributed by atoms with Gasteiger partial charge in [-0.25, -0.2) is 4.58 Å². The molecule has 0 aromatic rings. The van der Waals surface area contributed by atoms with Crippen LogP contribution >= 0.6 is 0 Å². The molecular formula is C7H14N+. The van der Waals surface area contributed by atoms with E-state index in [0.29, 0.717) is 5.92 Å². The van der Waals surface area contributed by atoms with Crippen molar-refractivity contribution < 1.29 is 4.58 Å². The Morgan fingerprint density at radius 2 is 2.12 bits per heavy atom. The Labute approximate surface area is 51.3 Å². The average molecular weight is 112 g/mol. The maximum atomic E-state index is 3.71. The number of hydrogen-bond donors (Lipinski definition) is 0. The molecule has 0 aliphatic carbocycles. The van der Waals surface area contributed by atoms with Crippen LogP contribution in [-0.2, 0) is 0 Å². The van der Waals surface area contributed by atoms with Gasteiger partial charge in [-0.1, -0.05) is 13.8 Å². The fourth-order valence-electron chi connectivity index (χ4n) is 0.544. The highest BCUT2D eigenvalue weighted by Crippen LogP contribution is 1.90. The summed E-state index contributed by atoms with van der Waals surface area (Å²) in [5.41, 5.74) is 0. The molecule has 0 spiro atoms. The molecule has 0 aromatic heterocycles. The van der Waals surface area contributed by atoms with Gasteiger partial charge >= 0.3 is 0 Å². The summed E-state index contributed by atoms with van der Waals surface area (Å²) in [6.07, 6.45) is 1.74. The highest BCUT2D eigenvalue weighted by atomic mass is 14.9. The van der Waals surface area contributed by atoms with Crippen molar-refractivity contribution in [2.24, 2.45) is 5.92 Å². The monoisotopic (exact) mass is 112 g/mol. The first-order valence-corrected chi connectivity index (χ1v) is 2.86. The van der Waals surface area contributed by atoms with Crippen LogP contribution in [0.15, 0.2) is 12.8 Å². The molecule has 0 aliphatic heterocycles. The van der Waals surface area contributed by atoms with Crippen LogP contribution in [0.1, 0.15) is 13.8 Å². The Hall–Kier alpha value is -0.590. The van der Waals surface area contributed by atoms with E-state index in [1.165, 1.54) is 0 Å². The van der Waals surface area contributed by atoms with E-state index in [-0.39, 0.29) is 0 Å². The van der Waals surface area contributed by atoms with Crippen LogP contribution in [0.3, 0.4) is 0 Å². The minimum Gasteiger partial charge on any atom is -0.212 e. The second kappa shape index (κ2) is 3.42. The Balaban J connectivity index is 3.39. The van der Waals surface area contributed by atoms with Crippen molar-refractivity contribution in [3.05, 3.63) is 12.8 Å². The van der Waals surface area contributed by atoms with Gasteiger partial charge in [0.15, 0.2) is 6.20 Å². The lowest BCUT2D eigenvalue weighted by molar-refractivity contribution is -0.454. The molecule has 1 nitrogen and oxygen atoms in total. The summed E-state index contributed by atoms with van der Waals surface area (Å²) in [5.74, 6) is 0.672. The van der Waals surface area contributed by atoms with Gasteiger partial charge in [0.2, 0.25) is 0 Å². The van der Waals surface area contributed by atoms with Gasteiger partial charge in [0.1, 0.15) is 13.3 Å². The smallest absolute Gasteiger partial charge is 0.161 e. The van der Waals surface area contributed by atoms with Gasteiger partial charge in [-0.2, -0.15) is 0 Å². The zero-order valence-electron chi connectivity index (χ0n) is 5.72. The topological polar surface area (TPSA) is 3.01 Å². The average Bonchev–Trinajstić information content (AvgIpc) is 1.65. The zero-order valence-corrected chi connectivity index (χ0v) is 5.72. The van der Waals surface area contributed by atoms with Gasteiger partial charge in [0, 0.05) is 5.92 Å². The summed E-state index contributed by atoms with van der Waals surface area (Å²) in [7, 11) is 0. The summed E-state index contributed by atoms with van der Waals surface area (Å²) in [6, 6.07) is 0. The maximum Gasteiger partial charge on any atom is 0.161 e. The highest BCUT2D eigenvalue weighted by Gasteiger charge is 1.97. The minimum atomic E-state index is 0.672. The molecule has 0 saturated carbocycles. The summed E-state index contributed by atoms with van der Waals surface area (Å²) >= 11 is 0. The molecule has 0 aromatic carbocycles. The molecule has 8 heavy (non-hydrogen) atoms. The largest absolute Gasteiger partial charge is 0.212 e. The van der Waals surface area contributed by atoms with Crippen molar-refractivity contribution >= 4 is 6.72 Å². The third kappa shape index (κ3) is 3.59. The van der Waals surface area contributed by atoms with Crippen LogP contribution in [0, 0.1) is 5.92 Å². The SMILES string of the molecule is C=C[N+](=C)CC(C)C. The second-order valence-corrected chi connectivity index (χ2v) is 2.35. The van der Waals surface area contributed by atoms with Crippen molar-refractivity contribution in [1.29, 1.82) is 0 Å². The molecule has 0 N–H and O–H groups in total. The molecule has 0 heterocycles. The molecule has 0 bridgehead atoms. The molecule has 0 atom stereocenters. The van der Waals surface area contributed by atoms with Gasteiger partial charge < -0.3 is 0 Å². The van der Waals surface area contributed by atoms with Crippen LogP contribution in [0.25, 0.3) is 0 Å². The normalized spacial score (nSPS) is 9.38. The lowest BCUT2D eigenvalue weighted by atomic mass is 10.2. The predicted molar refractivity (Wildman–Crippen MR) is 37.3 cm³/mol. The van der Waals surface area contributed by atoms with E-state index in [4.69, 9.17) is 0 Å². The first-order chi connectivity index (χ1) is 3.66. The molecule has 1 heteroatoms. The van der Waals surface area contributed by atoms with Gasteiger partial charge in [-0.3, -0.25) is 0 Å². The standard InChI is InChI=1S/C7H14N/c1-5-8(4)6-7(2)3/h5,7H,1,4,6H2,2-3H3/q+1. The molecule has 0 aliphatic rings. The molecule has 46 valence electrons. The summed E-state index contributed by atoms with van der Waals surface area (Å²) in [5, 5.41) is 0. The van der Waals surface area contributed by atoms with Gasteiger partial charge in [-0.15, -0.1) is 0 Å². The zero-order chi connectivity index (χ0) is 6.57. The maximum absolute atomic E-state index is 3.71. The van der Waals surface area contributed by atoms with Crippen LogP contribution < -0.4 is 0 Å². The molecule has 0 saturated heterocycles. The number of nitrogens with zero attached hydrogens (tertiary/aromatic N) is 1. The molecule has 0 unspecified atom stereocenters. The van der Waals surface area contributed by atoms with Crippen molar-refractivity contribution in [3.63, 3.8) is 0 Å². The highest BCUT2D eigenvalue weighted by molar-refractivity contribution is 5.15. The van der Waals surface area contributed by atoms with Crippen molar-refractivity contribution in [2.75, 3.05) is 6.54 Å². The van der Waals surface area contributed by atoms with E-state index in [1.807, 2.05) is 4.58 Å². The molecular weight excluding hydrogens is 98.1 g/mol. The fraction of sp³-hybridized carbons (Fsp3) is 0.571. The van der Waals surface area contributed by atoms with Crippen molar-refractivity contribution in [3.8, 4) is 0 Å². The van der Waals surface area contributed by atoms with E-state index < -0.39 is 0 Å². The van der Waals surface area contributed by atoms with Gasteiger partial charge in [0.05, 0.1) is 0 Å². The Kier molecular flexibility index (Phi) is 3.16.